The number of carbonyl (C=O) groups is 1. The van der Waals surface area contributed by atoms with E-state index in [0.29, 0.717) is 23.4 Å². The van der Waals surface area contributed by atoms with Crippen LogP contribution in [0.15, 0.2) is 54.2 Å². The van der Waals surface area contributed by atoms with Crippen molar-refractivity contribution in [1.82, 2.24) is 20.2 Å². The molecule has 0 bridgehead atoms. The lowest BCUT2D eigenvalue weighted by atomic mass is 9.95. The largest absolute Gasteiger partial charge is 0.461 e. The van der Waals surface area contributed by atoms with E-state index in [4.69, 9.17) is 4.74 Å². The molecule has 1 amide bonds. The van der Waals surface area contributed by atoms with Crippen LogP contribution >= 0.6 is 11.3 Å². The van der Waals surface area contributed by atoms with E-state index in [-0.39, 0.29) is 30.2 Å². The van der Waals surface area contributed by atoms with Crippen molar-refractivity contribution in [3.63, 3.8) is 0 Å². The number of hydrogen-bond acceptors (Lipinski definition) is 7. The van der Waals surface area contributed by atoms with Crippen LogP contribution in [0.25, 0.3) is 32.1 Å². The molecule has 202 valence electrons. The highest BCUT2D eigenvalue weighted by Gasteiger charge is 2.45. The van der Waals surface area contributed by atoms with Crippen molar-refractivity contribution in [2.45, 2.75) is 31.2 Å². The fraction of sp³-hybridized carbons (Fsp3) is 0.345. The van der Waals surface area contributed by atoms with Gasteiger partial charge in [0, 0.05) is 34.3 Å². The molecule has 0 atom stereocenters. The topological polar surface area (TPSA) is 79.4 Å². The summed E-state index contributed by atoms with van der Waals surface area (Å²) in [4.78, 5) is 23.1. The number of nitrogens with one attached hydrogen (secondary N) is 2. The van der Waals surface area contributed by atoms with Gasteiger partial charge in [0.25, 0.3) is 5.91 Å². The summed E-state index contributed by atoms with van der Waals surface area (Å²) in [6.07, 6.45) is 4.40. The molecule has 2 N–H and O–H groups in total. The number of carbonyl (C=O) groups excluding carboxylic acids is 1. The molecule has 0 saturated carbocycles. The minimum absolute atomic E-state index is 0.0137. The number of thiophene rings is 1. The van der Waals surface area contributed by atoms with E-state index in [9.17, 15) is 9.18 Å². The minimum Gasteiger partial charge on any atom is -0.461 e. The second kappa shape index (κ2) is 10.5. The summed E-state index contributed by atoms with van der Waals surface area (Å²) in [7, 11) is 0. The Morgan fingerprint density at radius 3 is 2.72 bits per heavy atom. The molecule has 0 spiro atoms. The third kappa shape index (κ3) is 4.83. The van der Waals surface area contributed by atoms with E-state index in [0.717, 1.165) is 54.4 Å². The van der Waals surface area contributed by atoms with Crippen LogP contribution in [0.2, 0.25) is 0 Å². The first kappa shape index (κ1) is 25.6. The molecule has 2 aliphatic rings. The fourth-order valence-corrected chi connectivity index (χ4v) is 6.79. The Hall–Kier alpha value is -3.63. The van der Waals surface area contributed by atoms with Crippen molar-refractivity contribution in [1.29, 1.82) is 0 Å². The Morgan fingerprint density at radius 2 is 1.92 bits per heavy atom. The molecule has 2 fully saturated rings. The van der Waals surface area contributed by atoms with Gasteiger partial charge >= 0.3 is 6.01 Å². The average Bonchev–Trinajstić information content (AvgIpc) is 3.66. The highest BCUT2D eigenvalue weighted by Crippen LogP contribution is 2.40. The van der Waals surface area contributed by atoms with E-state index in [1.807, 2.05) is 29.6 Å². The van der Waals surface area contributed by atoms with Crippen LogP contribution in [-0.4, -0.2) is 59.1 Å². The smallest absolute Gasteiger partial charge is 0.319 e. The number of amides is 1. The van der Waals surface area contributed by atoms with E-state index >= 15 is 4.39 Å². The van der Waals surface area contributed by atoms with Crippen molar-refractivity contribution < 1.29 is 18.3 Å². The summed E-state index contributed by atoms with van der Waals surface area (Å²) < 4.78 is 36.4. The SMILES string of the molecule is C=C(F)C(=O)NCCNc1nc(OCC23CCCN2CCC3)nc2c(F)c(-c3cccc4ccsc34)ccc12. The summed E-state index contributed by atoms with van der Waals surface area (Å²) in [5.74, 6) is -1.99. The summed E-state index contributed by atoms with van der Waals surface area (Å²) >= 11 is 1.57. The molecular formula is C29H29F2N5O2S. The zero-order chi connectivity index (χ0) is 27.0. The van der Waals surface area contributed by atoms with Gasteiger partial charge in [0.1, 0.15) is 17.9 Å². The van der Waals surface area contributed by atoms with Gasteiger partial charge in [-0.05, 0) is 61.7 Å². The minimum atomic E-state index is -1.05. The van der Waals surface area contributed by atoms with Gasteiger partial charge in [0.2, 0.25) is 0 Å². The highest BCUT2D eigenvalue weighted by molar-refractivity contribution is 7.17. The Morgan fingerprint density at radius 1 is 1.10 bits per heavy atom. The number of hydrogen-bond donors (Lipinski definition) is 2. The van der Waals surface area contributed by atoms with Crippen LogP contribution < -0.4 is 15.4 Å². The summed E-state index contributed by atoms with van der Waals surface area (Å²) in [6.45, 7) is 5.94. The molecule has 2 aromatic heterocycles. The molecule has 7 nitrogen and oxygen atoms in total. The molecule has 2 saturated heterocycles. The van der Waals surface area contributed by atoms with Crippen LogP contribution in [0, 0.1) is 5.82 Å². The van der Waals surface area contributed by atoms with Crippen LogP contribution in [0.4, 0.5) is 14.6 Å². The lowest BCUT2D eigenvalue weighted by molar-refractivity contribution is -0.118. The van der Waals surface area contributed by atoms with Crippen molar-refractivity contribution in [3.05, 3.63) is 60.0 Å². The number of halogens is 2. The number of anilines is 1. The van der Waals surface area contributed by atoms with Gasteiger partial charge in [0.05, 0.1) is 5.54 Å². The second-order valence-electron chi connectivity index (χ2n) is 10.1. The average molecular weight is 550 g/mol. The van der Waals surface area contributed by atoms with Crippen LogP contribution in [-0.2, 0) is 4.79 Å². The zero-order valence-electron chi connectivity index (χ0n) is 21.4. The number of nitrogens with zero attached hydrogens (tertiary/aromatic N) is 3. The van der Waals surface area contributed by atoms with Crippen LogP contribution in [0.3, 0.4) is 0 Å². The van der Waals surface area contributed by atoms with Gasteiger partial charge in [-0.2, -0.15) is 9.97 Å². The van der Waals surface area contributed by atoms with Crippen molar-refractivity contribution in [3.8, 4) is 17.1 Å². The standard InChI is InChI=1S/C29H29F2N5O2S/c1-18(30)27(37)33-13-12-32-26-22-8-7-20(21-6-2-5-19-9-16-39-25(19)21)23(31)24(22)34-28(35-26)38-17-29-10-3-14-36(29)15-4-11-29/h2,5-9,16H,1,3-4,10-15,17H2,(H,33,37)(H,32,34,35). The van der Waals surface area contributed by atoms with E-state index in [2.05, 4.69) is 32.1 Å². The summed E-state index contributed by atoms with van der Waals surface area (Å²) in [5, 5.41) is 9.10. The van der Waals surface area contributed by atoms with Gasteiger partial charge in [0.15, 0.2) is 11.6 Å². The lowest BCUT2D eigenvalue weighted by Crippen LogP contribution is -2.43. The Labute approximate surface area is 228 Å². The molecule has 2 aliphatic heterocycles. The summed E-state index contributed by atoms with van der Waals surface area (Å²) in [5.41, 5.74) is 1.40. The van der Waals surface area contributed by atoms with Gasteiger partial charge in [-0.15, -0.1) is 11.3 Å². The van der Waals surface area contributed by atoms with Gasteiger partial charge in [-0.3, -0.25) is 9.69 Å². The third-order valence-corrected chi connectivity index (χ3v) is 8.75. The first-order valence-corrected chi connectivity index (χ1v) is 14.0. The maximum atomic E-state index is 16.2. The van der Waals surface area contributed by atoms with E-state index in [1.165, 1.54) is 0 Å². The Balaban J connectivity index is 1.35. The number of aromatic nitrogens is 2. The quantitative estimate of drug-likeness (QED) is 0.207. The maximum absolute atomic E-state index is 16.2. The predicted octanol–water partition coefficient (Wildman–Crippen LogP) is 5.67. The molecule has 6 rings (SSSR count). The molecule has 0 radical (unpaired) electrons. The number of fused-ring (bicyclic) bond motifs is 3. The first-order valence-electron chi connectivity index (χ1n) is 13.2. The molecular weight excluding hydrogens is 520 g/mol. The van der Waals surface area contributed by atoms with Gasteiger partial charge < -0.3 is 15.4 Å². The van der Waals surface area contributed by atoms with Crippen LogP contribution in [0.1, 0.15) is 25.7 Å². The van der Waals surface area contributed by atoms with Crippen molar-refractivity contribution in [2.75, 3.05) is 38.1 Å². The molecule has 4 heterocycles. The predicted molar refractivity (Wildman–Crippen MR) is 150 cm³/mol. The number of rotatable bonds is 9. The molecule has 0 unspecified atom stereocenters. The maximum Gasteiger partial charge on any atom is 0.319 e. The molecule has 2 aromatic carbocycles. The van der Waals surface area contributed by atoms with Gasteiger partial charge in [-0.1, -0.05) is 30.8 Å². The second-order valence-corrected chi connectivity index (χ2v) is 11.0. The molecule has 0 aliphatic carbocycles. The van der Waals surface area contributed by atoms with E-state index < -0.39 is 17.6 Å². The van der Waals surface area contributed by atoms with Crippen molar-refractivity contribution in [2.24, 2.45) is 0 Å². The molecule has 10 heteroatoms. The zero-order valence-corrected chi connectivity index (χ0v) is 22.3. The molecule has 4 aromatic rings. The van der Waals surface area contributed by atoms with Crippen molar-refractivity contribution >= 4 is 44.1 Å². The Bertz CT molecular complexity index is 1560. The molecule has 39 heavy (non-hydrogen) atoms. The highest BCUT2D eigenvalue weighted by atomic mass is 32.1. The number of benzene rings is 2. The Kier molecular flexibility index (Phi) is 6.90. The normalized spacial score (nSPS) is 16.5. The first-order chi connectivity index (χ1) is 18.9. The third-order valence-electron chi connectivity index (χ3n) is 7.79. The number of ether oxygens (including phenoxy) is 1. The fourth-order valence-electron chi connectivity index (χ4n) is 5.87. The van der Waals surface area contributed by atoms with E-state index in [1.54, 1.807) is 23.5 Å². The summed E-state index contributed by atoms with van der Waals surface area (Å²) in [6, 6.07) is 11.5. The van der Waals surface area contributed by atoms with Gasteiger partial charge in [-0.25, -0.2) is 8.78 Å². The monoisotopic (exact) mass is 549 g/mol. The van der Waals surface area contributed by atoms with Crippen LogP contribution in [0.5, 0.6) is 6.01 Å². The lowest BCUT2D eigenvalue weighted by Gasteiger charge is -2.31.